The average molecular weight is 791 g/mol. The monoisotopic (exact) mass is 790 g/mol. The predicted octanol–water partition coefficient (Wildman–Crippen LogP) is 8.69. The van der Waals surface area contributed by atoms with Crippen LogP contribution >= 0.6 is 0 Å². The van der Waals surface area contributed by atoms with Gasteiger partial charge >= 0.3 is 11.9 Å². The SMILES string of the molecule is CCc1c(C)c2cc3[nH]c(cc4nc5c(c6nc(cc1[nH]2)C(C)=C6CCC(=O)OC)C=C(C#N)C1N(C)c2ccc(C=O)cc2C4(C)C51CCC(=O)OC)c(C)c3CC. The molecule has 8 bridgehead atoms. The number of ether oxygens (including phenoxy) is 2. The van der Waals surface area contributed by atoms with Crippen LogP contribution in [0.3, 0.4) is 0 Å². The van der Waals surface area contributed by atoms with E-state index < -0.39 is 16.9 Å². The van der Waals surface area contributed by atoms with E-state index in [2.05, 4.69) is 73.8 Å². The van der Waals surface area contributed by atoms with E-state index in [1.165, 1.54) is 25.3 Å². The number of fused-ring (bicyclic) bond motifs is 11. The largest absolute Gasteiger partial charge is 0.469 e. The highest BCUT2D eigenvalue weighted by molar-refractivity contribution is 5.97. The standard InChI is InChI=1S/C48H50N6O5/c1-10-30-25(3)35-20-38-31(11-2)26(4)37(51-38)22-41-47(6)34-18-28(24-55)12-14-40(34)54(7)46-29(23-49)19-33(45(53-41)48(46,47)17-16-43(57)59-9)44-32(13-15-42(56)58-8)27(5)36(52-44)21-39(30)50-35/h12,14,18-22,24,46,50-51H,10-11,13,15-17H2,1-9H3. The van der Waals surface area contributed by atoms with E-state index in [0.29, 0.717) is 34.5 Å². The van der Waals surface area contributed by atoms with Gasteiger partial charge in [0.15, 0.2) is 0 Å². The highest BCUT2D eigenvalue weighted by Crippen LogP contribution is 2.65. The molecule has 3 atom stereocenters. The molecular formula is C48H50N6O5. The number of aromatic amines is 2. The van der Waals surface area contributed by atoms with E-state index in [1.54, 1.807) is 6.07 Å². The number of methoxy groups -OCH3 is 2. The topological polar surface area (TPSA) is 154 Å². The number of likely N-dealkylation sites (N-methyl/N-ethyl adjacent to an activating group) is 1. The number of hydrogen-bond acceptors (Lipinski definition) is 9. The van der Waals surface area contributed by atoms with Crippen molar-refractivity contribution in [2.24, 2.45) is 0 Å². The van der Waals surface area contributed by atoms with Gasteiger partial charge in [0.25, 0.3) is 0 Å². The number of nitrogens with one attached hydrogen (secondary N) is 2. The molecule has 59 heavy (non-hydrogen) atoms. The van der Waals surface area contributed by atoms with Crippen molar-refractivity contribution < 1.29 is 23.9 Å². The van der Waals surface area contributed by atoms with Crippen LogP contribution in [0.4, 0.5) is 5.69 Å². The van der Waals surface area contributed by atoms with Crippen molar-refractivity contribution in [1.82, 2.24) is 19.9 Å². The van der Waals surface area contributed by atoms with E-state index in [4.69, 9.17) is 19.4 Å². The number of nitrogens with zero attached hydrogens (tertiary/aromatic N) is 4. The Morgan fingerprint density at radius 1 is 0.915 bits per heavy atom. The Hall–Kier alpha value is -6.28. The maximum absolute atomic E-state index is 13.3. The summed E-state index contributed by atoms with van der Waals surface area (Å²) in [6.07, 6.45) is 5.16. The van der Waals surface area contributed by atoms with Gasteiger partial charge in [0.2, 0.25) is 0 Å². The number of hydrogen-bond donors (Lipinski definition) is 2. The molecule has 302 valence electrons. The first-order valence-corrected chi connectivity index (χ1v) is 20.4. The number of carbonyl (C=O) groups is 3. The number of H-pyrrole nitrogens is 2. The van der Waals surface area contributed by atoms with Gasteiger partial charge in [-0.3, -0.25) is 19.4 Å². The second-order valence-corrected chi connectivity index (χ2v) is 16.3. The number of aryl methyl sites for hydroxylation is 4. The van der Waals surface area contributed by atoms with Gasteiger partial charge in [-0.05, 0) is 135 Å². The molecule has 0 fully saturated rings. The van der Waals surface area contributed by atoms with Gasteiger partial charge in [-0.1, -0.05) is 13.8 Å². The molecule has 0 radical (unpaired) electrons. The molecule has 0 spiro atoms. The lowest BCUT2D eigenvalue weighted by molar-refractivity contribution is -0.141. The second-order valence-electron chi connectivity index (χ2n) is 16.3. The molecule has 0 saturated heterocycles. The summed E-state index contributed by atoms with van der Waals surface area (Å²) in [7, 11) is 4.74. The quantitative estimate of drug-likeness (QED) is 0.125. The molecule has 8 rings (SSSR count). The first-order chi connectivity index (χ1) is 28.3. The predicted molar refractivity (Wildman–Crippen MR) is 230 cm³/mol. The first-order valence-electron chi connectivity index (χ1n) is 20.4. The summed E-state index contributed by atoms with van der Waals surface area (Å²) in [6, 6.07) is 14.1. The summed E-state index contributed by atoms with van der Waals surface area (Å²) in [5, 5.41) is 11.2. The maximum atomic E-state index is 13.3. The van der Waals surface area contributed by atoms with Crippen LogP contribution in [0, 0.1) is 25.2 Å². The molecule has 0 saturated carbocycles. The Labute approximate surface area is 344 Å². The van der Waals surface area contributed by atoms with Crippen LogP contribution in [0.25, 0.3) is 39.3 Å². The molecule has 1 aromatic carbocycles. The van der Waals surface area contributed by atoms with Crippen LogP contribution in [0.2, 0.25) is 0 Å². The number of aldehydes is 1. The summed E-state index contributed by atoms with van der Waals surface area (Å²) in [5.41, 5.74) is 14.4. The maximum Gasteiger partial charge on any atom is 0.305 e. The molecule has 4 aliphatic rings. The minimum Gasteiger partial charge on any atom is -0.469 e. The zero-order chi connectivity index (χ0) is 42.1. The van der Waals surface area contributed by atoms with Crippen LogP contribution in [-0.2, 0) is 42.7 Å². The van der Waals surface area contributed by atoms with E-state index >= 15 is 0 Å². The fourth-order valence-electron chi connectivity index (χ4n) is 10.6. The Kier molecular flexibility index (Phi) is 9.73. The highest BCUT2D eigenvalue weighted by atomic mass is 16.5. The molecule has 1 aliphatic carbocycles. The summed E-state index contributed by atoms with van der Waals surface area (Å²) >= 11 is 0. The van der Waals surface area contributed by atoms with Crippen molar-refractivity contribution in [3.05, 3.63) is 104 Å². The molecule has 4 aromatic rings. The number of benzene rings is 1. The van der Waals surface area contributed by atoms with E-state index in [1.807, 2.05) is 32.2 Å². The number of carbonyl (C=O) groups excluding carboxylic acids is 3. The summed E-state index contributed by atoms with van der Waals surface area (Å²) in [6.45, 7) is 12.8. The fourth-order valence-corrected chi connectivity index (χ4v) is 10.6. The fraction of sp³-hybridized carbons (Fsp3) is 0.375. The van der Waals surface area contributed by atoms with Gasteiger partial charge in [0.1, 0.15) is 6.29 Å². The smallest absolute Gasteiger partial charge is 0.305 e. The van der Waals surface area contributed by atoms with Crippen molar-refractivity contribution in [3.8, 4) is 6.07 Å². The van der Waals surface area contributed by atoms with Gasteiger partial charge in [0.05, 0.1) is 65.5 Å². The van der Waals surface area contributed by atoms with E-state index in [9.17, 15) is 19.6 Å². The summed E-state index contributed by atoms with van der Waals surface area (Å²) in [5.74, 6) is -0.724. The minimum absolute atomic E-state index is 0.0494. The van der Waals surface area contributed by atoms with E-state index in [-0.39, 0.29) is 31.2 Å². The second kappa shape index (κ2) is 14.5. The Bertz CT molecular complexity index is 2780. The number of allylic oxidation sites excluding steroid dienone is 2. The molecule has 6 heterocycles. The van der Waals surface area contributed by atoms with Crippen molar-refractivity contribution in [2.45, 2.75) is 96.9 Å². The number of rotatable bonds is 9. The summed E-state index contributed by atoms with van der Waals surface area (Å²) in [4.78, 5) is 59.3. The Morgan fingerprint density at radius 2 is 1.56 bits per heavy atom. The third-order valence-electron chi connectivity index (χ3n) is 13.8. The molecule has 11 nitrogen and oxygen atoms in total. The molecule has 3 aliphatic heterocycles. The molecule has 11 heteroatoms. The van der Waals surface area contributed by atoms with E-state index in [0.717, 1.165) is 86.1 Å². The molecule has 0 amide bonds. The third-order valence-corrected chi connectivity index (χ3v) is 13.8. The molecular weight excluding hydrogens is 741 g/mol. The highest BCUT2D eigenvalue weighted by Gasteiger charge is 2.67. The third kappa shape index (κ3) is 5.63. The summed E-state index contributed by atoms with van der Waals surface area (Å²) < 4.78 is 10.4. The average Bonchev–Trinajstić information content (AvgIpc) is 3.90. The normalized spacial score (nSPS) is 20.2. The minimum atomic E-state index is -1.03. The van der Waals surface area contributed by atoms with Crippen molar-refractivity contribution in [1.29, 1.82) is 5.26 Å². The van der Waals surface area contributed by atoms with Gasteiger partial charge in [-0.15, -0.1) is 0 Å². The Morgan fingerprint density at radius 3 is 2.19 bits per heavy atom. The van der Waals surface area contributed by atoms with Crippen LogP contribution in [0.5, 0.6) is 0 Å². The van der Waals surface area contributed by atoms with Crippen molar-refractivity contribution in [3.63, 3.8) is 0 Å². The number of esters is 2. The van der Waals surface area contributed by atoms with Crippen LogP contribution in [0.15, 0.2) is 42.0 Å². The zero-order valence-corrected chi connectivity index (χ0v) is 35.3. The van der Waals surface area contributed by atoms with Crippen molar-refractivity contribution in [2.75, 3.05) is 26.2 Å². The lowest BCUT2D eigenvalue weighted by Crippen LogP contribution is -2.64. The van der Waals surface area contributed by atoms with Gasteiger partial charge in [-0.2, -0.15) is 5.26 Å². The first kappa shape index (κ1) is 39.5. The molecule has 2 N–H and O–H groups in total. The lowest BCUT2D eigenvalue weighted by Gasteiger charge is -2.58. The van der Waals surface area contributed by atoms with Gasteiger partial charge in [0, 0.05) is 58.8 Å². The Balaban J connectivity index is 1.63. The zero-order valence-electron chi connectivity index (χ0n) is 35.3. The number of nitriles is 1. The number of aromatic nitrogens is 4. The van der Waals surface area contributed by atoms with Crippen LogP contribution in [-0.4, -0.2) is 65.5 Å². The molecule has 3 aromatic heterocycles. The van der Waals surface area contributed by atoms with Crippen molar-refractivity contribution >= 4 is 63.2 Å². The lowest BCUT2D eigenvalue weighted by atomic mass is 9.49. The van der Waals surface area contributed by atoms with Crippen LogP contribution in [0.1, 0.15) is 120 Å². The van der Waals surface area contributed by atoms with Gasteiger partial charge < -0.3 is 24.3 Å². The van der Waals surface area contributed by atoms with Crippen LogP contribution < -0.4 is 4.90 Å². The number of anilines is 1. The molecule has 3 unspecified atom stereocenters. The van der Waals surface area contributed by atoms with Gasteiger partial charge in [-0.25, -0.2) is 4.98 Å².